The van der Waals surface area contributed by atoms with Gasteiger partial charge in [0.15, 0.2) is 0 Å². The predicted octanol–water partition coefficient (Wildman–Crippen LogP) is 1.99. The Kier molecular flexibility index (Phi) is 7.08. The molecule has 0 N–H and O–H groups in total. The molecule has 0 fully saturated rings. The lowest BCUT2D eigenvalue weighted by Gasteiger charge is -2.29. The molecular weight excluding hydrogens is 219 g/mol. The molecule has 14 heavy (non-hydrogen) atoms. The van der Waals surface area contributed by atoms with Gasteiger partial charge in [-0.3, -0.25) is 4.57 Å². The van der Waals surface area contributed by atoms with Crippen molar-refractivity contribution in [2.45, 2.75) is 6.92 Å². The zero-order valence-electron chi connectivity index (χ0n) is 9.69. The summed E-state index contributed by atoms with van der Waals surface area (Å²) >= 11 is 1.79. The van der Waals surface area contributed by atoms with Crippen LogP contribution >= 0.6 is 19.4 Å². The van der Waals surface area contributed by atoms with Crippen molar-refractivity contribution < 1.29 is 9.09 Å². The van der Waals surface area contributed by atoms with E-state index < -0.39 is 7.67 Å². The van der Waals surface area contributed by atoms with Crippen LogP contribution in [0.4, 0.5) is 0 Å². The van der Waals surface area contributed by atoms with Crippen molar-refractivity contribution in [2.24, 2.45) is 0 Å². The van der Waals surface area contributed by atoms with Crippen LogP contribution in [0, 0.1) is 0 Å². The first-order valence-electron chi connectivity index (χ1n) is 4.63. The van der Waals surface area contributed by atoms with Crippen LogP contribution in [0.3, 0.4) is 0 Å². The molecule has 0 bridgehead atoms. The van der Waals surface area contributed by atoms with Crippen LogP contribution in [0.25, 0.3) is 0 Å². The monoisotopic (exact) mass is 240 g/mol. The SMILES string of the molecule is CCSCCOP(=O)(N(C)C)N(C)C. The van der Waals surface area contributed by atoms with E-state index in [0.717, 1.165) is 11.5 Å². The molecule has 0 rings (SSSR count). The van der Waals surface area contributed by atoms with Gasteiger partial charge >= 0.3 is 7.67 Å². The van der Waals surface area contributed by atoms with Crippen LogP contribution in [0.5, 0.6) is 0 Å². The molecule has 0 atom stereocenters. The highest BCUT2D eigenvalue weighted by atomic mass is 32.2. The molecule has 0 radical (unpaired) electrons. The summed E-state index contributed by atoms with van der Waals surface area (Å²) in [7, 11) is 4.34. The van der Waals surface area contributed by atoms with Gasteiger partial charge in [-0.05, 0) is 33.9 Å². The first-order chi connectivity index (χ1) is 6.45. The lowest BCUT2D eigenvalue weighted by molar-refractivity contribution is 0.260. The van der Waals surface area contributed by atoms with Crippen molar-refractivity contribution in [3.05, 3.63) is 0 Å². The molecular formula is C8H21N2O2PS. The predicted molar refractivity (Wildman–Crippen MR) is 63.9 cm³/mol. The van der Waals surface area contributed by atoms with Crippen LogP contribution in [0.1, 0.15) is 6.92 Å². The second-order valence-electron chi connectivity index (χ2n) is 3.22. The molecule has 0 saturated carbocycles. The Bertz CT molecular complexity index is 188. The molecule has 0 aliphatic carbocycles. The third-order valence-electron chi connectivity index (χ3n) is 1.70. The topological polar surface area (TPSA) is 32.8 Å². The summed E-state index contributed by atoms with van der Waals surface area (Å²) in [6.07, 6.45) is 0. The molecule has 0 saturated heterocycles. The van der Waals surface area contributed by atoms with E-state index in [4.69, 9.17) is 4.52 Å². The second-order valence-corrected chi connectivity index (χ2v) is 7.45. The van der Waals surface area contributed by atoms with Gasteiger partial charge in [-0.25, -0.2) is 9.34 Å². The molecule has 4 nitrogen and oxygen atoms in total. The van der Waals surface area contributed by atoms with Gasteiger partial charge in [0.05, 0.1) is 6.61 Å². The highest BCUT2D eigenvalue weighted by molar-refractivity contribution is 7.99. The smallest absolute Gasteiger partial charge is 0.305 e. The van der Waals surface area contributed by atoms with Crippen LogP contribution in [0.15, 0.2) is 0 Å². The molecule has 6 heteroatoms. The summed E-state index contributed by atoms with van der Waals surface area (Å²) in [4.78, 5) is 0. The number of hydrogen-bond donors (Lipinski definition) is 0. The fourth-order valence-electron chi connectivity index (χ4n) is 0.948. The number of nitrogens with zero attached hydrogens (tertiary/aromatic N) is 2. The number of hydrogen-bond acceptors (Lipinski definition) is 3. The van der Waals surface area contributed by atoms with Crippen molar-refractivity contribution >= 4 is 19.4 Å². The zero-order valence-corrected chi connectivity index (χ0v) is 11.4. The highest BCUT2D eigenvalue weighted by Crippen LogP contribution is 2.50. The van der Waals surface area contributed by atoms with Gasteiger partial charge in [0.25, 0.3) is 0 Å². The maximum atomic E-state index is 12.2. The van der Waals surface area contributed by atoms with Crippen molar-refractivity contribution in [3.63, 3.8) is 0 Å². The van der Waals surface area contributed by atoms with E-state index in [-0.39, 0.29) is 0 Å². The van der Waals surface area contributed by atoms with E-state index >= 15 is 0 Å². The Hall–Kier alpha value is 0.460. The molecule has 0 spiro atoms. The minimum atomic E-state index is -2.75. The molecule has 0 aliphatic heterocycles. The number of rotatable bonds is 7. The quantitative estimate of drug-likeness (QED) is 0.502. The van der Waals surface area contributed by atoms with E-state index in [2.05, 4.69) is 6.92 Å². The second kappa shape index (κ2) is 6.85. The van der Waals surface area contributed by atoms with Gasteiger partial charge in [-0.15, -0.1) is 0 Å². The largest absolute Gasteiger partial charge is 0.345 e. The van der Waals surface area contributed by atoms with Crippen LogP contribution in [-0.2, 0) is 9.09 Å². The molecule has 0 aromatic rings. The molecule has 0 amide bonds. The standard InChI is InChI=1S/C8H21N2O2PS/c1-6-14-8-7-12-13(11,9(2)3)10(4)5/h6-8H2,1-5H3. The van der Waals surface area contributed by atoms with E-state index in [1.165, 1.54) is 0 Å². The number of thioether (sulfide) groups is 1. The average molecular weight is 240 g/mol. The lowest BCUT2D eigenvalue weighted by atomic mass is 10.9. The first-order valence-corrected chi connectivity index (χ1v) is 7.31. The van der Waals surface area contributed by atoms with Crippen LogP contribution in [-0.4, -0.2) is 55.6 Å². The Morgan fingerprint density at radius 1 is 1.21 bits per heavy atom. The van der Waals surface area contributed by atoms with Gasteiger partial charge in [0.2, 0.25) is 0 Å². The van der Waals surface area contributed by atoms with Gasteiger partial charge < -0.3 is 4.52 Å². The van der Waals surface area contributed by atoms with Crippen LogP contribution < -0.4 is 0 Å². The van der Waals surface area contributed by atoms with E-state index in [9.17, 15) is 4.57 Å². The average Bonchev–Trinajstić information content (AvgIpc) is 2.11. The summed E-state index contributed by atoms with van der Waals surface area (Å²) in [5.41, 5.74) is 0. The first kappa shape index (κ1) is 14.5. The zero-order chi connectivity index (χ0) is 11.2. The molecule has 86 valence electrons. The van der Waals surface area contributed by atoms with Gasteiger partial charge in [-0.2, -0.15) is 11.8 Å². The Balaban J connectivity index is 4.06. The van der Waals surface area contributed by atoms with Crippen molar-refractivity contribution in [1.82, 2.24) is 9.34 Å². The lowest BCUT2D eigenvalue weighted by Crippen LogP contribution is -2.23. The normalized spacial score (nSPS) is 12.8. The molecule has 0 aromatic carbocycles. The summed E-state index contributed by atoms with van der Waals surface area (Å²) in [6, 6.07) is 0. The maximum Gasteiger partial charge on any atom is 0.345 e. The third-order valence-corrected chi connectivity index (χ3v) is 5.11. The Morgan fingerprint density at radius 3 is 2.07 bits per heavy atom. The van der Waals surface area contributed by atoms with Gasteiger partial charge in [0.1, 0.15) is 0 Å². The fourth-order valence-corrected chi connectivity index (χ4v) is 3.07. The molecule has 0 aromatic heterocycles. The Labute approximate surface area is 91.5 Å². The summed E-state index contributed by atoms with van der Waals surface area (Å²) < 4.78 is 20.9. The summed E-state index contributed by atoms with van der Waals surface area (Å²) in [6.45, 7) is 2.63. The van der Waals surface area contributed by atoms with Crippen LogP contribution in [0.2, 0.25) is 0 Å². The van der Waals surface area contributed by atoms with E-state index in [1.807, 2.05) is 0 Å². The summed E-state index contributed by atoms with van der Waals surface area (Å²) in [5, 5.41) is 0. The van der Waals surface area contributed by atoms with Crippen molar-refractivity contribution in [2.75, 3.05) is 46.3 Å². The molecule has 0 aliphatic rings. The van der Waals surface area contributed by atoms with Crippen molar-refractivity contribution in [3.8, 4) is 0 Å². The van der Waals surface area contributed by atoms with Gasteiger partial charge in [0, 0.05) is 5.75 Å². The minimum Gasteiger partial charge on any atom is -0.305 e. The maximum absolute atomic E-state index is 12.2. The molecule has 0 unspecified atom stereocenters. The Morgan fingerprint density at radius 2 is 1.71 bits per heavy atom. The highest BCUT2D eigenvalue weighted by Gasteiger charge is 2.28. The van der Waals surface area contributed by atoms with Gasteiger partial charge in [-0.1, -0.05) is 6.92 Å². The third kappa shape index (κ3) is 4.32. The summed E-state index contributed by atoms with van der Waals surface area (Å²) in [5.74, 6) is 1.96. The van der Waals surface area contributed by atoms with Crippen molar-refractivity contribution in [1.29, 1.82) is 0 Å². The fraction of sp³-hybridized carbons (Fsp3) is 1.00. The van der Waals surface area contributed by atoms with E-state index in [1.54, 1.807) is 49.3 Å². The van der Waals surface area contributed by atoms with E-state index in [0.29, 0.717) is 6.61 Å². The minimum absolute atomic E-state index is 0.534. The molecule has 0 heterocycles.